The van der Waals surface area contributed by atoms with Crippen molar-refractivity contribution in [3.05, 3.63) is 29.3 Å². The lowest BCUT2D eigenvalue weighted by Crippen LogP contribution is -2.31. The molecule has 0 atom stereocenters. The minimum absolute atomic E-state index is 0.160. The van der Waals surface area contributed by atoms with E-state index in [-0.39, 0.29) is 5.91 Å². The van der Waals surface area contributed by atoms with Gasteiger partial charge in [0.1, 0.15) is 4.99 Å². The maximum atomic E-state index is 11.9. The van der Waals surface area contributed by atoms with E-state index >= 15 is 0 Å². The van der Waals surface area contributed by atoms with Crippen LogP contribution >= 0.6 is 12.2 Å². The van der Waals surface area contributed by atoms with Crippen molar-refractivity contribution in [1.29, 1.82) is 0 Å². The summed E-state index contributed by atoms with van der Waals surface area (Å²) in [6, 6.07) is 5.82. The third-order valence-corrected chi connectivity index (χ3v) is 3.51. The molecule has 20 heavy (non-hydrogen) atoms. The molecule has 0 aromatic heterocycles. The van der Waals surface area contributed by atoms with Crippen molar-refractivity contribution in [3.63, 3.8) is 0 Å². The Morgan fingerprint density at radius 3 is 2.55 bits per heavy atom. The van der Waals surface area contributed by atoms with E-state index in [0.29, 0.717) is 18.0 Å². The first kappa shape index (κ1) is 16.4. The predicted molar refractivity (Wildman–Crippen MR) is 88.1 cm³/mol. The molecule has 110 valence electrons. The minimum Gasteiger partial charge on any atom is -0.389 e. The molecule has 0 radical (unpaired) electrons. The average Bonchev–Trinajstić information content (AvgIpc) is 2.41. The number of nitrogens with one attached hydrogen (secondary N) is 1. The molecule has 0 unspecified atom stereocenters. The number of carbonyl (C=O) groups excluding carboxylic acids is 1. The van der Waals surface area contributed by atoms with Crippen LogP contribution in [-0.4, -0.2) is 35.4 Å². The van der Waals surface area contributed by atoms with Crippen LogP contribution in [0.2, 0.25) is 0 Å². The molecule has 1 aromatic rings. The Labute approximate surface area is 126 Å². The summed E-state index contributed by atoms with van der Waals surface area (Å²) in [5.41, 5.74) is 8.55. The van der Waals surface area contributed by atoms with Crippen LogP contribution in [0.1, 0.15) is 31.4 Å². The molecular weight excluding hydrogens is 270 g/mol. The van der Waals surface area contributed by atoms with Gasteiger partial charge < -0.3 is 16.0 Å². The summed E-state index contributed by atoms with van der Waals surface area (Å²) in [4.78, 5) is 14.1. The molecule has 0 heterocycles. The van der Waals surface area contributed by atoms with Crippen LogP contribution in [0, 0.1) is 6.92 Å². The number of thiocarbonyl (C=S) groups is 1. The highest BCUT2D eigenvalue weighted by Gasteiger charge is 2.11. The standard InChI is InChI=1S/C15H23N3OS/c1-4-18(5-2)13(19)9-10-17-14-11(3)7-6-8-12(14)15(16)20/h6-8,17H,4-5,9-10H2,1-3H3,(H2,16,20). The molecule has 4 nitrogen and oxygen atoms in total. The molecule has 0 spiro atoms. The molecule has 0 bridgehead atoms. The van der Waals surface area contributed by atoms with Crippen molar-refractivity contribution in [2.45, 2.75) is 27.2 Å². The summed E-state index contributed by atoms with van der Waals surface area (Å²) in [6.45, 7) is 8.05. The maximum absolute atomic E-state index is 11.9. The van der Waals surface area contributed by atoms with Crippen LogP contribution in [-0.2, 0) is 4.79 Å². The average molecular weight is 293 g/mol. The second-order valence-corrected chi connectivity index (χ2v) is 5.04. The van der Waals surface area contributed by atoms with Gasteiger partial charge in [0.2, 0.25) is 5.91 Å². The topological polar surface area (TPSA) is 58.4 Å². The molecule has 1 aromatic carbocycles. The molecule has 0 aliphatic carbocycles. The highest BCUT2D eigenvalue weighted by atomic mass is 32.1. The van der Waals surface area contributed by atoms with E-state index in [9.17, 15) is 4.79 Å². The first-order chi connectivity index (χ1) is 9.51. The first-order valence-corrected chi connectivity index (χ1v) is 7.33. The van der Waals surface area contributed by atoms with Crippen LogP contribution in [0.15, 0.2) is 18.2 Å². The predicted octanol–water partition coefficient (Wildman–Crippen LogP) is 2.30. The number of benzene rings is 1. The van der Waals surface area contributed by atoms with Crippen molar-refractivity contribution in [2.24, 2.45) is 5.73 Å². The molecular formula is C15H23N3OS. The lowest BCUT2D eigenvalue weighted by atomic mass is 10.1. The number of hydrogen-bond donors (Lipinski definition) is 2. The van der Waals surface area contributed by atoms with E-state index in [4.69, 9.17) is 18.0 Å². The number of amides is 1. The highest BCUT2D eigenvalue weighted by Crippen LogP contribution is 2.20. The fourth-order valence-electron chi connectivity index (χ4n) is 2.14. The largest absolute Gasteiger partial charge is 0.389 e. The lowest BCUT2D eigenvalue weighted by Gasteiger charge is -2.19. The third kappa shape index (κ3) is 4.20. The second kappa shape index (κ2) is 7.85. The van der Waals surface area contributed by atoms with Crippen molar-refractivity contribution in [3.8, 4) is 0 Å². The van der Waals surface area contributed by atoms with Gasteiger partial charge in [0.15, 0.2) is 0 Å². The van der Waals surface area contributed by atoms with E-state index < -0.39 is 0 Å². The smallest absolute Gasteiger partial charge is 0.224 e. The zero-order valence-corrected chi connectivity index (χ0v) is 13.2. The normalized spacial score (nSPS) is 10.2. The summed E-state index contributed by atoms with van der Waals surface area (Å²) >= 11 is 5.05. The number of nitrogens with two attached hydrogens (primary N) is 1. The molecule has 0 saturated carbocycles. The fraction of sp³-hybridized carbons (Fsp3) is 0.467. The fourth-order valence-corrected chi connectivity index (χ4v) is 2.31. The molecule has 0 aliphatic rings. The van der Waals surface area contributed by atoms with Crippen LogP contribution in [0.5, 0.6) is 0 Å². The summed E-state index contributed by atoms with van der Waals surface area (Å²) in [7, 11) is 0. The van der Waals surface area contributed by atoms with E-state index in [1.807, 2.05) is 43.9 Å². The number of carbonyl (C=O) groups is 1. The zero-order valence-electron chi connectivity index (χ0n) is 12.4. The van der Waals surface area contributed by atoms with E-state index in [1.165, 1.54) is 0 Å². The quantitative estimate of drug-likeness (QED) is 0.757. The van der Waals surface area contributed by atoms with Gasteiger partial charge in [-0.3, -0.25) is 4.79 Å². The molecule has 3 N–H and O–H groups in total. The van der Waals surface area contributed by atoms with Crippen molar-refractivity contribution < 1.29 is 4.79 Å². The highest BCUT2D eigenvalue weighted by molar-refractivity contribution is 7.80. The summed E-state index contributed by atoms with van der Waals surface area (Å²) in [5, 5.41) is 3.28. The monoisotopic (exact) mass is 293 g/mol. The molecule has 1 rings (SSSR count). The Morgan fingerprint density at radius 1 is 1.35 bits per heavy atom. The van der Waals surface area contributed by atoms with Gasteiger partial charge >= 0.3 is 0 Å². The molecule has 1 amide bonds. The van der Waals surface area contributed by atoms with Crippen LogP contribution < -0.4 is 11.1 Å². The number of hydrogen-bond acceptors (Lipinski definition) is 3. The van der Waals surface area contributed by atoms with Crippen LogP contribution in [0.3, 0.4) is 0 Å². The lowest BCUT2D eigenvalue weighted by molar-refractivity contribution is -0.130. The van der Waals surface area contributed by atoms with Crippen LogP contribution in [0.25, 0.3) is 0 Å². The van der Waals surface area contributed by atoms with Crippen molar-refractivity contribution in [1.82, 2.24) is 4.90 Å². The SMILES string of the molecule is CCN(CC)C(=O)CCNc1c(C)cccc1C(N)=S. The van der Waals surface area contributed by atoms with Gasteiger partial charge in [0.25, 0.3) is 0 Å². The van der Waals surface area contributed by atoms with Gasteiger partial charge in [-0.05, 0) is 32.4 Å². The van der Waals surface area contributed by atoms with Gasteiger partial charge in [0, 0.05) is 37.3 Å². The Balaban J connectivity index is 2.67. The number of para-hydroxylation sites is 1. The summed E-state index contributed by atoms with van der Waals surface area (Å²) < 4.78 is 0. The van der Waals surface area contributed by atoms with Gasteiger partial charge in [-0.2, -0.15) is 0 Å². The molecule has 0 fully saturated rings. The first-order valence-electron chi connectivity index (χ1n) is 6.92. The maximum Gasteiger partial charge on any atom is 0.224 e. The Bertz CT molecular complexity index is 484. The van der Waals surface area contributed by atoms with Gasteiger partial charge in [-0.15, -0.1) is 0 Å². The van der Waals surface area contributed by atoms with Crippen molar-refractivity contribution in [2.75, 3.05) is 25.0 Å². The Hall–Kier alpha value is -1.62. The minimum atomic E-state index is 0.160. The van der Waals surface area contributed by atoms with E-state index in [0.717, 1.165) is 29.9 Å². The van der Waals surface area contributed by atoms with Gasteiger partial charge in [0.05, 0.1) is 0 Å². The van der Waals surface area contributed by atoms with Gasteiger partial charge in [-0.25, -0.2) is 0 Å². The molecule has 0 aliphatic heterocycles. The second-order valence-electron chi connectivity index (χ2n) is 4.60. The number of nitrogens with zero attached hydrogens (tertiary/aromatic N) is 1. The number of aryl methyl sites for hydroxylation is 1. The van der Waals surface area contributed by atoms with E-state index in [1.54, 1.807) is 0 Å². The summed E-state index contributed by atoms with van der Waals surface area (Å²) in [6.07, 6.45) is 0.465. The molecule has 0 saturated heterocycles. The zero-order chi connectivity index (χ0) is 15.1. The third-order valence-electron chi connectivity index (χ3n) is 3.30. The van der Waals surface area contributed by atoms with Crippen LogP contribution in [0.4, 0.5) is 5.69 Å². The summed E-state index contributed by atoms with van der Waals surface area (Å²) in [5.74, 6) is 0.160. The number of rotatable bonds is 7. The Kier molecular flexibility index (Phi) is 6.45. The van der Waals surface area contributed by atoms with Gasteiger partial charge in [-0.1, -0.05) is 24.4 Å². The van der Waals surface area contributed by atoms with Crippen molar-refractivity contribution >= 4 is 28.8 Å². The molecule has 5 heteroatoms. The number of anilines is 1. The van der Waals surface area contributed by atoms with E-state index in [2.05, 4.69) is 5.32 Å². The Morgan fingerprint density at radius 2 is 2.00 bits per heavy atom.